The molecule has 2 aromatic heterocycles. The van der Waals surface area contributed by atoms with Crippen LogP contribution in [-0.4, -0.2) is 37.9 Å². The lowest BCUT2D eigenvalue weighted by Crippen LogP contribution is -2.24. The first kappa shape index (κ1) is 15.8. The van der Waals surface area contributed by atoms with Crippen LogP contribution in [0.25, 0.3) is 0 Å². The van der Waals surface area contributed by atoms with E-state index in [1.807, 2.05) is 35.9 Å². The summed E-state index contributed by atoms with van der Waals surface area (Å²) in [5, 5.41) is 9.06. The molecule has 128 valence electrons. The second-order valence-electron chi connectivity index (χ2n) is 5.56. The summed E-state index contributed by atoms with van der Waals surface area (Å²) >= 11 is 1.35. The third kappa shape index (κ3) is 3.12. The van der Waals surface area contributed by atoms with Crippen molar-refractivity contribution < 1.29 is 14.3 Å². The minimum absolute atomic E-state index is 0.0192. The summed E-state index contributed by atoms with van der Waals surface area (Å²) in [6.45, 7) is 0.370. The molecule has 25 heavy (non-hydrogen) atoms. The average molecular weight is 356 g/mol. The molecule has 0 amide bonds. The Hall–Kier alpha value is -2.74. The molecule has 0 saturated heterocycles. The molecule has 0 unspecified atom stereocenters. The van der Waals surface area contributed by atoms with E-state index in [4.69, 9.17) is 9.47 Å². The summed E-state index contributed by atoms with van der Waals surface area (Å²) in [6.07, 6.45) is 1.40. The monoisotopic (exact) mass is 356 g/mol. The molecular formula is C17H16N4O3S. The first-order valence-corrected chi connectivity index (χ1v) is 8.78. The normalized spacial score (nSPS) is 16.0. The molecule has 0 radical (unpaired) electrons. The average Bonchev–Trinajstić information content (AvgIpc) is 3.29. The number of aromatic nitrogens is 4. The Balaban J connectivity index is 1.45. The third-order valence-electron chi connectivity index (χ3n) is 3.90. The fourth-order valence-electron chi connectivity index (χ4n) is 2.59. The maximum atomic E-state index is 12.1. The Morgan fingerprint density at radius 1 is 1.28 bits per heavy atom. The first-order valence-electron chi connectivity index (χ1n) is 7.79. The Morgan fingerprint density at radius 2 is 2.12 bits per heavy atom. The summed E-state index contributed by atoms with van der Waals surface area (Å²) in [5.41, 5.74) is 0.593. The molecule has 0 fully saturated rings. The number of H-pyrrole nitrogens is 1. The van der Waals surface area contributed by atoms with Crippen LogP contribution in [0.5, 0.6) is 11.5 Å². The predicted molar refractivity (Wildman–Crippen MR) is 92.2 cm³/mol. The molecule has 0 bridgehead atoms. The molecular weight excluding hydrogens is 340 g/mol. The minimum Gasteiger partial charge on any atom is -0.485 e. The van der Waals surface area contributed by atoms with Gasteiger partial charge in [-0.1, -0.05) is 23.9 Å². The molecule has 1 aliphatic rings. The molecule has 1 aromatic carbocycles. The van der Waals surface area contributed by atoms with Gasteiger partial charge < -0.3 is 19.0 Å². The van der Waals surface area contributed by atoms with Crippen LogP contribution >= 0.6 is 11.8 Å². The van der Waals surface area contributed by atoms with Crippen molar-refractivity contribution in [2.24, 2.45) is 7.05 Å². The van der Waals surface area contributed by atoms with Gasteiger partial charge in [0.05, 0.1) is 11.4 Å². The number of carbonyl (C=O) groups is 1. The lowest BCUT2D eigenvalue weighted by atomic mass is 10.2. The van der Waals surface area contributed by atoms with E-state index in [1.54, 1.807) is 18.3 Å². The summed E-state index contributed by atoms with van der Waals surface area (Å²) in [6, 6.07) is 11.1. The van der Waals surface area contributed by atoms with Crippen LogP contribution in [0.2, 0.25) is 0 Å². The highest BCUT2D eigenvalue weighted by Crippen LogP contribution is 2.35. The van der Waals surface area contributed by atoms with Crippen molar-refractivity contribution in [3.63, 3.8) is 0 Å². The number of ketones is 1. The van der Waals surface area contributed by atoms with E-state index in [9.17, 15) is 4.79 Å². The summed E-state index contributed by atoms with van der Waals surface area (Å²) in [5.74, 6) is 2.40. The van der Waals surface area contributed by atoms with Crippen molar-refractivity contribution >= 4 is 17.5 Å². The van der Waals surface area contributed by atoms with Gasteiger partial charge in [0.15, 0.2) is 34.4 Å². The van der Waals surface area contributed by atoms with Gasteiger partial charge in [-0.2, -0.15) is 0 Å². The van der Waals surface area contributed by atoms with Crippen LogP contribution in [0.1, 0.15) is 22.4 Å². The number of rotatable bonds is 5. The van der Waals surface area contributed by atoms with Gasteiger partial charge >= 0.3 is 0 Å². The number of hydrogen-bond acceptors (Lipinski definition) is 6. The number of aromatic amines is 1. The number of ether oxygens (including phenoxy) is 2. The largest absolute Gasteiger partial charge is 0.485 e. The lowest BCUT2D eigenvalue weighted by molar-refractivity contribution is 0.0825. The molecule has 1 N–H and O–H groups in total. The third-order valence-corrected chi connectivity index (χ3v) is 4.92. The highest BCUT2D eigenvalue weighted by atomic mass is 32.2. The van der Waals surface area contributed by atoms with Gasteiger partial charge in [0, 0.05) is 13.2 Å². The SMILES string of the molecule is Cn1c(SCC(=O)c2ccc[nH]2)nnc1[C@@H]1COc2ccccc2O1. The molecule has 3 aromatic rings. The van der Waals surface area contributed by atoms with Crippen molar-refractivity contribution in [1.82, 2.24) is 19.7 Å². The van der Waals surface area contributed by atoms with E-state index in [2.05, 4.69) is 15.2 Å². The van der Waals surface area contributed by atoms with Crippen molar-refractivity contribution in [1.29, 1.82) is 0 Å². The van der Waals surface area contributed by atoms with Gasteiger partial charge in [0.25, 0.3) is 0 Å². The number of nitrogens with zero attached hydrogens (tertiary/aromatic N) is 3. The number of Topliss-reactive ketones (excluding diaryl/α,β-unsaturated/α-hetero) is 1. The van der Waals surface area contributed by atoms with Gasteiger partial charge in [-0.15, -0.1) is 10.2 Å². The topological polar surface area (TPSA) is 82.0 Å². The summed E-state index contributed by atoms with van der Waals surface area (Å²) in [4.78, 5) is 15.0. The molecule has 0 aliphatic carbocycles. The second-order valence-corrected chi connectivity index (χ2v) is 6.50. The fraction of sp³-hybridized carbons (Fsp3) is 0.235. The summed E-state index contributed by atoms with van der Waals surface area (Å²) in [7, 11) is 1.86. The van der Waals surface area contributed by atoms with Crippen LogP contribution in [0.3, 0.4) is 0 Å². The Kier molecular flexibility index (Phi) is 4.19. The number of para-hydroxylation sites is 2. The van der Waals surface area contributed by atoms with Crippen LogP contribution in [0.15, 0.2) is 47.8 Å². The zero-order valence-electron chi connectivity index (χ0n) is 13.5. The number of nitrogens with one attached hydrogen (secondary N) is 1. The van der Waals surface area contributed by atoms with Gasteiger partial charge in [0.2, 0.25) is 0 Å². The van der Waals surface area contributed by atoms with Crippen LogP contribution in [0.4, 0.5) is 0 Å². The van der Waals surface area contributed by atoms with Gasteiger partial charge in [-0.25, -0.2) is 0 Å². The quantitative estimate of drug-likeness (QED) is 0.559. The zero-order valence-corrected chi connectivity index (χ0v) is 14.3. The summed E-state index contributed by atoms with van der Waals surface area (Å²) < 4.78 is 13.5. The number of hydrogen-bond donors (Lipinski definition) is 1. The van der Waals surface area contributed by atoms with Crippen molar-refractivity contribution in [2.75, 3.05) is 12.4 Å². The van der Waals surface area contributed by atoms with Crippen molar-refractivity contribution in [3.8, 4) is 11.5 Å². The standard InChI is InChI=1S/C17H16N4O3S/c1-21-16(15-9-23-13-6-2-3-7-14(13)24-15)19-20-17(21)25-10-12(22)11-5-4-8-18-11/h2-8,15,18H,9-10H2,1H3/t15-/m0/s1. The molecule has 4 rings (SSSR count). The molecule has 7 nitrogen and oxygen atoms in total. The minimum atomic E-state index is -0.333. The predicted octanol–water partition coefficient (Wildman–Crippen LogP) is 2.63. The maximum absolute atomic E-state index is 12.1. The molecule has 1 aliphatic heterocycles. The number of fused-ring (bicyclic) bond motifs is 1. The van der Waals surface area contributed by atoms with E-state index < -0.39 is 0 Å². The van der Waals surface area contributed by atoms with Crippen LogP contribution in [-0.2, 0) is 7.05 Å². The maximum Gasteiger partial charge on any atom is 0.192 e. The van der Waals surface area contributed by atoms with E-state index in [0.29, 0.717) is 29.0 Å². The Bertz CT molecular complexity index is 891. The molecule has 8 heteroatoms. The Labute approximate surface area is 148 Å². The second kappa shape index (κ2) is 6.64. The van der Waals surface area contributed by atoms with Gasteiger partial charge in [-0.05, 0) is 24.3 Å². The van der Waals surface area contributed by atoms with Crippen molar-refractivity contribution in [2.45, 2.75) is 11.3 Å². The number of benzene rings is 1. The molecule has 0 spiro atoms. The van der Waals surface area contributed by atoms with E-state index in [-0.39, 0.29) is 17.6 Å². The van der Waals surface area contributed by atoms with E-state index in [1.165, 1.54) is 11.8 Å². The fourth-order valence-corrected chi connectivity index (χ4v) is 3.39. The first-order chi connectivity index (χ1) is 12.2. The van der Waals surface area contributed by atoms with Gasteiger partial charge in [0.1, 0.15) is 6.61 Å². The number of carbonyl (C=O) groups excluding carboxylic acids is 1. The molecule has 0 saturated carbocycles. The molecule has 3 heterocycles. The number of thioether (sulfide) groups is 1. The zero-order chi connectivity index (χ0) is 17.2. The highest BCUT2D eigenvalue weighted by molar-refractivity contribution is 7.99. The van der Waals surface area contributed by atoms with Crippen LogP contribution in [0, 0.1) is 0 Å². The lowest BCUT2D eigenvalue weighted by Gasteiger charge is -2.25. The van der Waals surface area contributed by atoms with Crippen molar-refractivity contribution in [3.05, 3.63) is 54.1 Å². The van der Waals surface area contributed by atoms with Crippen LogP contribution < -0.4 is 9.47 Å². The smallest absolute Gasteiger partial charge is 0.192 e. The van der Waals surface area contributed by atoms with E-state index in [0.717, 1.165) is 5.75 Å². The highest BCUT2D eigenvalue weighted by Gasteiger charge is 2.27. The molecule has 1 atom stereocenters. The Morgan fingerprint density at radius 3 is 2.92 bits per heavy atom. The van der Waals surface area contributed by atoms with Gasteiger partial charge in [-0.3, -0.25) is 4.79 Å². The van der Waals surface area contributed by atoms with E-state index >= 15 is 0 Å².